The number of barbiturate groups is 1. The third kappa shape index (κ3) is 5.35. The first-order chi connectivity index (χ1) is 17.8. The Morgan fingerprint density at radius 3 is 2.41 bits per heavy atom. The molecule has 0 spiro atoms. The summed E-state index contributed by atoms with van der Waals surface area (Å²) in [7, 11) is 1.46. The highest BCUT2D eigenvalue weighted by Gasteiger charge is 2.37. The van der Waals surface area contributed by atoms with Crippen LogP contribution in [0, 0.1) is 0 Å². The number of aromatic carboxylic acids is 1. The van der Waals surface area contributed by atoms with Crippen molar-refractivity contribution in [2.24, 2.45) is 0 Å². The lowest BCUT2D eigenvalue weighted by Gasteiger charge is -2.28. The second-order valence-electron chi connectivity index (χ2n) is 8.14. The van der Waals surface area contributed by atoms with Crippen LogP contribution in [0.3, 0.4) is 0 Å². The molecule has 1 aliphatic rings. The van der Waals surface area contributed by atoms with E-state index in [9.17, 15) is 19.2 Å². The molecule has 0 aromatic heterocycles. The maximum atomic E-state index is 13.2. The van der Waals surface area contributed by atoms with Gasteiger partial charge in [0.05, 0.1) is 18.4 Å². The fraction of sp³-hybridized carbons (Fsp3) is 0.143. The number of methoxy groups -OCH3 is 1. The normalized spacial score (nSPS) is 14.5. The van der Waals surface area contributed by atoms with E-state index in [1.807, 2.05) is 19.1 Å². The number of urea groups is 1. The van der Waals surface area contributed by atoms with Crippen LogP contribution in [0.5, 0.6) is 11.5 Å². The van der Waals surface area contributed by atoms with E-state index in [0.717, 1.165) is 16.0 Å². The number of carbonyl (C=O) groups excluding carboxylic acids is 3. The fourth-order valence-electron chi connectivity index (χ4n) is 3.87. The minimum absolute atomic E-state index is 0.172. The minimum atomic E-state index is -1.01. The van der Waals surface area contributed by atoms with Crippen LogP contribution in [-0.4, -0.2) is 36.0 Å². The lowest BCUT2D eigenvalue weighted by atomic mass is 10.0. The number of benzene rings is 3. The Morgan fingerprint density at radius 1 is 1.00 bits per heavy atom. The van der Waals surface area contributed by atoms with Gasteiger partial charge in [-0.05, 0) is 59.5 Å². The topological polar surface area (TPSA) is 122 Å². The smallest absolute Gasteiger partial charge is 0.335 e. The van der Waals surface area contributed by atoms with Crippen molar-refractivity contribution >= 4 is 35.6 Å². The molecule has 3 aromatic rings. The molecule has 37 heavy (non-hydrogen) atoms. The van der Waals surface area contributed by atoms with Crippen LogP contribution in [0.15, 0.2) is 72.3 Å². The van der Waals surface area contributed by atoms with Crippen molar-refractivity contribution in [2.45, 2.75) is 20.0 Å². The van der Waals surface area contributed by atoms with Gasteiger partial charge in [-0.2, -0.15) is 0 Å². The molecule has 1 fully saturated rings. The van der Waals surface area contributed by atoms with Gasteiger partial charge in [0.2, 0.25) is 0 Å². The van der Waals surface area contributed by atoms with Gasteiger partial charge in [-0.3, -0.25) is 14.9 Å². The number of carboxylic acid groups (broad SMARTS) is 1. The monoisotopic (exact) mass is 500 g/mol. The first kappa shape index (κ1) is 25.2. The number of nitrogens with one attached hydrogen (secondary N) is 1. The van der Waals surface area contributed by atoms with Gasteiger partial charge in [0, 0.05) is 0 Å². The van der Waals surface area contributed by atoms with E-state index < -0.39 is 23.8 Å². The molecule has 9 nitrogen and oxygen atoms in total. The van der Waals surface area contributed by atoms with Crippen molar-refractivity contribution in [1.82, 2.24) is 5.32 Å². The lowest BCUT2D eigenvalue weighted by molar-refractivity contribution is -0.122. The summed E-state index contributed by atoms with van der Waals surface area (Å²) < 4.78 is 11.2. The Labute approximate surface area is 212 Å². The van der Waals surface area contributed by atoms with E-state index in [4.69, 9.17) is 14.6 Å². The molecule has 3 aromatic carbocycles. The maximum Gasteiger partial charge on any atom is 0.335 e. The number of hydrogen-bond donors (Lipinski definition) is 2. The van der Waals surface area contributed by atoms with Crippen LogP contribution < -0.4 is 19.7 Å². The van der Waals surface area contributed by atoms with Gasteiger partial charge in [0.25, 0.3) is 11.8 Å². The highest BCUT2D eigenvalue weighted by Crippen LogP contribution is 2.31. The number of para-hydroxylation sites is 1. The molecule has 2 N–H and O–H groups in total. The molecule has 9 heteroatoms. The summed E-state index contributed by atoms with van der Waals surface area (Å²) in [6.07, 6.45) is 1.99. The molecule has 188 valence electrons. The predicted octanol–water partition coefficient (Wildman–Crippen LogP) is 4.20. The van der Waals surface area contributed by atoms with Gasteiger partial charge in [-0.1, -0.05) is 43.3 Å². The number of carbonyl (C=O) groups is 4. The molecule has 0 aliphatic carbocycles. The van der Waals surface area contributed by atoms with E-state index in [1.54, 1.807) is 42.5 Å². The maximum absolute atomic E-state index is 13.2. The van der Waals surface area contributed by atoms with E-state index in [2.05, 4.69) is 5.32 Å². The number of carboxylic acids is 1. The van der Waals surface area contributed by atoms with Crippen molar-refractivity contribution < 1.29 is 33.8 Å². The van der Waals surface area contributed by atoms with Crippen LogP contribution in [0.1, 0.15) is 34.0 Å². The summed E-state index contributed by atoms with van der Waals surface area (Å²) in [4.78, 5) is 50.3. The van der Waals surface area contributed by atoms with Gasteiger partial charge < -0.3 is 14.6 Å². The lowest BCUT2D eigenvalue weighted by Crippen LogP contribution is -2.54. The Hall–Kier alpha value is -4.92. The molecule has 0 radical (unpaired) electrons. The number of ether oxygens (including phenoxy) is 2. The van der Waals surface area contributed by atoms with E-state index in [1.165, 1.54) is 25.3 Å². The minimum Gasteiger partial charge on any atom is -0.493 e. The molecule has 0 unspecified atom stereocenters. The van der Waals surface area contributed by atoms with Crippen LogP contribution in [0.2, 0.25) is 0 Å². The average molecular weight is 501 g/mol. The summed E-state index contributed by atoms with van der Waals surface area (Å²) in [5.41, 5.74) is 2.45. The number of nitrogens with zero attached hydrogens (tertiary/aromatic N) is 1. The number of aryl methyl sites for hydroxylation is 1. The second-order valence-corrected chi connectivity index (χ2v) is 8.14. The summed E-state index contributed by atoms with van der Waals surface area (Å²) >= 11 is 0. The van der Waals surface area contributed by atoms with Gasteiger partial charge in [0.1, 0.15) is 12.2 Å². The molecule has 4 amide bonds. The van der Waals surface area contributed by atoms with Crippen molar-refractivity contribution in [3.63, 3.8) is 0 Å². The van der Waals surface area contributed by atoms with E-state index in [-0.39, 0.29) is 17.7 Å². The molecule has 4 rings (SSSR count). The third-order valence-electron chi connectivity index (χ3n) is 5.81. The predicted molar refractivity (Wildman–Crippen MR) is 136 cm³/mol. The number of amides is 4. The Morgan fingerprint density at radius 2 is 1.73 bits per heavy atom. The zero-order valence-corrected chi connectivity index (χ0v) is 20.2. The first-order valence-corrected chi connectivity index (χ1v) is 11.4. The molecule has 0 bridgehead atoms. The summed E-state index contributed by atoms with van der Waals surface area (Å²) in [5, 5.41) is 11.3. The average Bonchev–Trinajstić information content (AvgIpc) is 2.90. The number of anilines is 1. The van der Waals surface area contributed by atoms with Gasteiger partial charge >= 0.3 is 12.0 Å². The molecule has 1 aliphatic heterocycles. The Bertz CT molecular complexity index is 1410. The largest absolute Gasteiger partial charge is 0.493 e. The van der Waals surface area contributed by atoms with Crippen molar-refractivity contribution in [2.75, 3.05) is 12.0 Å². The number of rotatable bonds is 8. The first-order valence-electron chi connectivity index (χ1n) is 11.4. The van der Waals surface area contributed by atoms with Crippen molar-refractivity contribution in [3.8, 4) is 11.5 Å². The van der Waals surface area contributed by atoms with Crippen LogP contribution in [0.25, 0.3) is 6.08 Å². The molecular formula is C28H24N2O7. The Kier molecular flexibility index (Phi) is 7.34. The number of hydrogen-bond acceptors (Lipinski definition) is 6. The van der Waals surface area contributed by atoms with E-state index in [0.29, 0.717) is 29.2 Å². The molecule has 1 saturated heterocycles. The van der Waals surface area contributed by atoms with E-state index >= 15 is 0 Å². The standard InChI is InChI=1S/C28H24N2O7/c1-3-19-6-4-5-7-22(19)30-26(32)21(25(31)29-28(30)35)14-18-10-13-23(24(15-18)36-2)37-16-17-8-11-20(12-9-17)27(33)34/h4-15H,3,16H2,1-2H3,(H,33,34)(H,29,31,35)/b21-14-. The molecular weight excluding hydrogens is 476 g/mol. The van der Waals surface area contributed by atoms with Crippen LogP contribution in [-0.2, 0) is 22.6 Å². The molecule has 0 saturated carbocycles. The zero-order chi connectivity index (χ0) is 26.5. The van der Waals surface area contributed by atoms with Gasteiger partial charge in [0.15, 0.2) is 11.5 Å². The summed E-state index contributed by atoms with van der Waals surface area (Å²) in [6, 6.07) is 17.4. The quantitative estimate of drug-likeness (QED) is 0.351. The summed E-state index contributed by atoms with van der Waals surface area (Å²) in [6.45, 7) is 2.08. The van der Waals surface area contributed by atoms with Crippen molar-refractivity contribution in [1.29, 1.82) is 0 Å². The summed E-state index contributed by atoms with van der Waals surface area (Å²) in [5.74, 6) is -1.74. The Balaban J connectivity index is 1.57. The number of imide groups is 2. The van der Waals surface area contributed by atoms with Crippen LogP contribution >= 0.6 is 0 Å². The third-order valence-corrected chi connectivity index (χ3v) is 5.81. The van der Waals surface area contributed by atoms with Gasteiger partial charge in [-0.15, -0.1) is 0 Å². The van der Waals surface area contributed by atoms with Crippen LogP contribution in [0.4, 0.5) is 10.5 Å². The second kappa shape index (κ2) is 10.8. The molecule has 0 atom stereocenters. The van der Waals surface area contributed by atoms with Crippen molar-refractivity contribution in [3.05, 3.63) is 94.6 Å². The highest BCUT2D eigenvalue weighted by molar-refractivity contribution is 6.39. The molecule has 1 heterocycles. The zero-order valence-electron chi connectivity index (χ0n) is 20.2. The fourth-order valence-corrected chi connectivity index (χ4v) is 3.87. The van der Waals surface area contributed by atoms with Gasteiger partial charge in [-0.25, -0.2) is 14.5 Å². The highest BCUT2D eigenvalue weighted by atomic mass is 16.5. The SMILES string of the molecule is CCc1ccccc1N1C(=O)NC(=O)/C(=C/c2ccc(OCc3ccc(C(=O)O)cc3)c(OC)c2)C1=O.